The Labute approximate surface area is 71.0 Å². The molecule has 0 N–H and O–H groups in total. The van der Waals surface area contributed by atoms with Crippen molar-refractivity contribution in [2.24, 2.45) is 11.3 Å². The summed E-state index contributed by atoms with van der Waals surface area (Å²) in [5.74, 6) is 0.609. The van der Waals surface area contributed by atoms with Gasteiger partial charge in [-0.3, -0.25) is 0 Å². The molecule has 0 aromatic carbocycles. The minimum Gasteiger partial charge on any atom is -0.102 e. The van der Waals surface area contributed by atoms with Crippen molar-refractivity contribution in [1.82, 2.24) is 0 Å². The third-order valence-corrected chi connectivity index (χ3v) is 2.52. The lowest BCUT2D eigenvalue weighted by Crippen LogP contribution is -2.21. The number of allylic oxidation sites excluding steroid dienone is 2. The summed E-state index contributed by atoms with van der Waals surface area (Å²) in [6.07, 6.45) is 6.43. The molecular weight excluding hydrogens is 132 g/mol. The van der Waals surface area contributed by atoms with Crippen molar-refractivity contribution >= 4 is 0 Å². The molecule has 0 aliphatic carbocycles. The highest BCUT2D eigenvalue weighted by molar-refractivity contribution is 5.07. The minimum atomic E-state index is 0.161. The second kappa shape index (κ2) is 4.38. The van der Waals surface area contributed by atoms with Crippen molar-refractivity contribution in [1.29, 1.82) is 0 Å². The molecule has 11 heavy (non-hydrogen) atoms. The van der Waals surface area contributed by atoms with Crippen LogP contribution in [0.1, 0.15) is 33.6 Å². The molecule has 0 spiro atoms. The van der Waals surface area contributed by atoms with Crippen LogP contribution in [0.3, 0.4) is 0 Å². The maximum Gasteiger partial charge on any atom is 0.00786 e. The summed E-state index contributed by atoms with van der Waals surface area (Å²) < 4.78 is 0. The van der Waals surface area contributed by atoms with E-state index in [0.29, 0.717) is 5.92 Å². The quantitative estimate of drug-likeness (QED) is 0.526. The summed E-state index contributed by atoms with van der Waals surface area (Å²) in [4.78, 5) is 0. The highest BCUT2D eigenvalue weighted by atomic mass is 14.3. The van der Waals surface area contributed by atoms with Crippen molar-refractivity contribution in [2.75, 3.05) is 0 Å². The summed E-state index contributed by atoms with van der Waals surface area (Å²) in [5, 5.41) is 0. The molecule has 0 heterocycles. The van der Waals surface area contributed by atoms with E-state index >= 15 is 0 Å². The van der Waals surface area contributed by atoms with E-state index in [1.54, 1.807) is 0 Å². The van der Waals surface area contributed by atoms with Gasteiger partial charge in [0, 0.05) is 5.41 Å². The van der Waals surface area contributed by atoms with Crippen LogP contribution in [0.4, 0.5) is 0 Å². The van der Waals surface area contributed by atoms with Gasteiger partial charge in [-0.25, -0.2) is 0 Å². The standard InChI is InChI=1S/C11H20/c1-6-9-11(7-2,8-3)10(4)5/h7-8,10H,2-3,6,9H2,1,4-5H3. The van der Waals surface area contributed by atoms with Crippen LogP contribution in [0.25, 0.3) is 0 Å². The molecule has 0 rings (SSSR count). The SMILES string of the molecule is C=CC(C=C)(CCC)C(C)C. The van der Waals surface area contributed by atoms with E-state index in [2.05, 4.69) is 33.9 Å². The van der Waals surface area contributed by atoms with E-state index in [9.17, 15) is 0 Å². The summed E-state index contributed by atoms with van der Waals surface area (Å²) in [7, 11) is 0. The van der Waals surface area contributed by atoms with Gasteiger partial charge in [-0.2, -0.15) is 0 Å². The summed E-state index contributed by atoms with van der Waals surface area (Å²) in [6.45, 7) is 14.4. The Morgan fingerprint density at radius 3 is 1.82 bits per heavy atom. The Balaban J connectivity index is 4.45. The Bertz CT molecular complexity index is 123. The molecule has 0 radical (unpaired) electrons. The van der Waals surface area contributed by atoms with Gasteiger partial charge in [0.2, 0.25) is 0 Å². The van der Waals surface area contributed by atoms with E-state index in [1.165, 1.54) is 6.42 Å². The summed E-state index contributed by atoms with van der Waals surface area (Å²) >= 11 is 0. The molecule has 0 aliphatic rings. The summed E-state index contributed by atoms with van der Waals surface area (Å²) in [5.41, 5.74) is 0.161. The van der Waals surface area contributed by atoms with Gasteiger partial charge in [0.1, 0.15) is 0 Å². The van der Waals surface area contributed by atoms with Crippen LogP contribution in [0.2, 0.25) is 0 Å². The van der Waals surface area contributed by atoms with Crippen LogP contribution in [0.5, 0.6) is 0 Å². The normalized spacial score (nSPS) is 11.6. The Hall–Kier alpha value is -0.520. The number of hydrogen-bond donors (Lipinski definition) is 0. The monoisotopic (exact) mass is 152 g/mol. The highest BCUT2D eigenvalue weighted by Gasteiger charge is 2.25. The molecule has 0 unspecified atom stereocenters. The molecule has 0 aromatic heterocycles. The smallest absolute Gasteiger partial charge is 0.00786 e. The van der Waals surface area contributed by atoms with Gasteiger partial charge in [-0.1, -0.05) is 39.3 Å². The molecule has 0 aliphatic heterocycles. The van der Waals surface area contributed by atoms with Crippen LogP contribution in [-0.2, 0) is 0 Å². The maximum absolute atomic E-state index is 3.87. The first-order valence-electron chi connectivity index (χ1n) is 4.40. The van der Waals surface area contributed by atoms with Gasteiger partial charge in [0.15, 0.2) is 0 Å². The van der Waals surface area contributed by atoms with E-state index in [0.717, 1.165) is 6.42 Å². The van der Waals surface area contributed by atoms with E-state index in [-0.39, 0.29) is 5.41 Å². The summed E-state index contributed by atoms with van der Waals surface area (Å²) in [6, 6.07) is 0. The van der Waals surface area contributed by atoms with Crippen molar-refractivity contribution in [3.63, 3.8) is 0 Å². The molecule has 0 bridgehead atoms. The van der Waals surface area contributed by atoms with Crippen molar-refractivity contribution in [3.8, 4) is 0 Å². The van der Waals surface area contributed by atoms with E-state index < -0.39 is 0 Å². The fourth-order valence-electron chi connectivity index (χ4n) is 1.48. The first-order valence-corrected chi connectivity index (χ1v) is 4.40. The molecule has 64 valence electrons. The number of hydrogen-bond acceptors (Lipinski definition) is 0. The number of rotatable bonds is 5. The first-order chi connectivity index (χ1) is 5.13. The second-order valence-corrected chi connectivity index (χ2v) is 3.43. The zero-order valence-electron chi connectivity index (χ0n) is 8.06. The lowest BCUT2D eigenvalue weighted by atomic mass is 9.74. The van der Waals surface area contributed by atoms with E-state index in [4.69, 9.17) is 0 Å². The molecule has 0 atom stereocenters. The lowest BCUT2D eigenvalue weighted by Gasteiger charge is -2.30. The van der Waals surface area contributed by atoms with Crippen LogP contribution >= 0.6 is 0 Å². The minimum absolute atomic E-state index is 0.161. The molecule has 0 fully saturated rings. The van der Waals surface area contributed by atoms with Gasteiger partial charge >= 0.3 is 0 Å². The first kappa shape index (κ1) is 10.5. The molecule has 0 nitrogen and oxygen atoms in total. The molecule has 0 amide bonds. The van der Waals surface area contributed by atoms with Crippen molar-refractivity contribution in [2.45, 2.75) is 33.6 Å². The zero-order valence-corrected chi connectivity index (χ0v) is 8.06. The molecule has 0 heteroatoms. The lowest BCUT2D eigenvalue weighted by molar-refractivity contribution is 0.319. The fraction of sp³-hybridized carbons (Fsp3) is 0.636. The van der Waals surface area contributed by atoms with Gasteiger partial charge in [-0.05, 0) is 12.3 Å². The third-order valence-electron chi connectivity index (χ3n) is 2.52. The molecule has 0 aromatic rings. The largest absolute Gasteiger partial charge is 0.102 e. The van der Waals surface area contributed by atoms with E-state index in [1.807, 2.05) is 12.2 Å². The van der Waals surface area contributed by atoms with Gasteiger partial charge in [0.05, 0.1) is 0 Å². The van der Waals surface area contributed by atoms with Crippen LogP contribution in [0, 0.1) is 11.3 Å². The van der Waals surface area contributed by atoms with Gasteiger partial charge < -0.3 is 0 Å². The fourth-order valence-corrected chi connectivity index (χ4v) is 1.48. The Morgan fingerprint density at radius 2 is 1.73 bits per heavy atom. The topological polar surface area (TPSA) is 0 Å². The predicted octanol–water partition coefficient (Wildman–Crippen LogP) is 3.80. The molecular formula is C11H20. The Kier molecular flexibility index (Phi) is 4.17. The Morgan fingerprint density at radius 1 is 1.27 bits per heavy atom. The average molecular weight is 152 g/mol. The maximum atomic E-state index is 3.87. The predicted molar refractivity (Wildman–Crippen MR) is 52.6 cm³/mol. The average Bonchev–Trinajstić information content (AvgIpc) is 2.00. The van der Waals surface area contributed by atoms with Crippen molar-refractivity contribution in [3.05, 3.63) is 25.3 Å². The van der Waals surface area contributed by atoms with Crippen LogP contribution in [0.15, 0.2) is 25.3 Å². The molecule has 0 saturated heterocycles. The zero-order chi connectivity index (χ0) is 8.91. The second-order valence-electron chi connectivity index (χ2n) is 3.43. The van der Waals surface area contributed by atoms with Crippen molar-refractivity contribution < 1.29 is 0 Å². The van der Waals surface area contributed by atoms with Crippen LogP contribution in [-0.4, -0.2) is 0 Å². The van der Waals surface area contributed by atoms with Crippen LogP contribution < -0.4 is 0 Å². The van der Waals surface area contributed by atoms with Gasteiger partial charge in [-0.15, -0.1) is 13.2 Å². The van der Waals surface area contributed by atoms with Gasteiger partial charge in [0.25, 0.3) is 0 Å². The molecule has 0 saturated carbocycles. The third kappa shape index (κ3) is 2.21. The highest BCUT2D eigenvalue weighted by Crippen LogP contribution is 2.34.